The molecule has 0 saturated heterocycles. The quantitative estimate of drug-likeness (QED) is 0.813. The van der Waals surface area contributed by atoms with E-state index in [1.165, 1.54) is 38.5 Å². The van der Waals surface area contributed by atoms with Crippen LogP contribution in [-0.2, 0) is 0 Å². The molecule has 1 aromatic carbocycles. The van der Waals surface area contributed by atoms with E-state index in [0.717, 1.165) is 17.9 Å². The predicted octanol–water partition coefficient (Wildman–Crippen LogP) is 4.45. The van der Waals surface area contributed by atoms with E-state index >= 15 is 0 Å². The maximum absolute atomic E-state index is 13.8. The highest BCUT2D eigenvalue weighted by molar-refractivity contribution is 5.21. The minimum atomic E-state index is -0.0829. The van der Waals surface area contributed by atoms with Crippen LogP contribution >= 0.6 is 0 Å². The van der Waals surface area contributed by atoms with Gasteiger partial charge in [0, 0.05) is 11.6 Å². The van der Waals surface area contributed by atoms with Gasteiger partial charge in [-0.1, -0.05) is 50.3 Å². The fourth-order valence-electron chi connectivity index (χ4n) is 3.09. The molecule has 2 heteroatoms. The van der Waals surface area contributed by atoms with Crippen LogP contribution in [0.4, 0.5) is 4.39 Å². The van der Waals surface area contributed by atoms with Gasteiger partial charge in [-0.15, -0.1) is 0 Å². The molecule has 2 rings (SSSR count). The van der Waals surface area contributed by atoms with Crippen LogP contribution in [0, 0.1) is 11.7 Å². The molecule has 0 aromatic heterocycles. The lowest BCUT2D eigenvalue weighted by Gasteiger charge is -2.24. The Balaban J connectivity index is 1.91. The van der Waals surface area contributed by atoms with Crippen molar-refractivity contribution in [3.63, 3.8) is 0 Å². The predicted molar refractivity (Wildman–Crippen MR) is 74.0 cm³/mol. The second kappa shape index (κ2) is 6.89. The third kappa shape index (κ3) is 3.55. The summed E-state index contributed by atoms with van der Waals surface area (Å²) in [6.07, 6.45) is 9.17. The lowest BCUT2D eigenvalue weighted by molar-refractivity contribution is 0.316. The maximum Gasteiger partial charge on any atom is 0.127 e. The molecule has 0 heterocycles. The Morgan fingerprint density at radius 3 is 2.61 bits per heavy atom. The molecule has 1 N–H and O–H groups in total. The molecule has 1 aliphatic carbocycles. The summed E-state index contributed by atoms with van der Waals surface area (Å²) in [5.74, 6) is 0.780. The normalized spacial score (nSPS) is 18.8. The Morgan fingerprint density at radius 1 is 1.22 bits per heavy atom. The summed E-state index contributed by atoms with van der Waals surface area (Å²) in [5.41, 5.74) is 0.816. The molecule has 1 aliphatic rings. The number of rotatable bonds is 5. The summed E-state index contributed by atoms with van der Waals surface area (Å²) in [4.78, 5) is 0. The summed E-state index contributed by atoms with van der Waals surface area (Å²) in [7, 11) is 1.93. The molecular weight excluding hydrogens is 225 g/mol. The fourth-order valence-corrected chi connectivity index (χ4v) is 3.09. The van der Waals surface area contributed by atoms with Gasteiger partial charge in [-0.2, -0.15) is 0 Å². The van der Waals surface area contributed by atoms with Gasteiger partial charge in [0.15, 0.2) is 0 Å². The fraction of sp³-hybridized carbons (Fsp3) is 0.625. The smallest absolute Gasteiger partial charge is 0.127 e. The number of benzene rings is 1. The summed E-state index contributed by atoms with van der Waals surface area (Å²) in [5, 5.41) is 3.26. The minimum absolute atomic E-state index is 0.0829. The van der Waals surface area contributed by atoms with Crippen molar-refractivity contribution in [2.24, 2.45) is 5.92 Å². The van der Waals surface area contributed by atoms with Crippen molar-refractivity contribution >= 4 is 0 Å². The molecule has 0 amide bonds. The van der Waals surface area contributed by atoms with Crippen molar-refractivity contribution in [2.45, 2.75) is 51.0 Å². The summed E-state index contributed by atoms with van der Waals surface area (Å²) >= 11 is 0. The maximum atomic E-state index is 13.8. The molecule has 1 atom stereocenters. The van der Waals surface area contributed by atoms with Gasteiger partial charge >= 0.3 is 0 Å². The zero-order valence-corrected chi connectivity index (χ0v) is 11.3. The molecule has 100 valence electrons. The minimum Gasteiger partial charge on any atom is -0.313 e. The van der Waals surface area contributed by atoms with Crippen LogP contribution < -0.4 is 5.32 Å². The van der Waals surface area contributed by atoms with Gasteiger partial charge in [-0.05, 0) is 31.9 Å². The number of hydrogen-bond acceptors (Lipinski definition) is 1. The average Bonchev–Trinajstić information content (AvgIpc) is 2.42. The summed E-state index contributed by atoms with van der Waals surface area (Å²) < 4.78 is 13.8. The Kier molecular flexibility index (Phi) is 5.18. The van der Waals surface area contributed by atoms with E-state index in [4.69, 9.17) is 0 Å². The van der Waals surface area contributed by atoms with Crippen molar-refractivity contribution in [1.29, 1.82) is 0 Å². The van der Waals surface area contributed by atoms with Crippen LogP contribution in [0.3, 0.4) is 0 Å². The molecule has 0 spiro atoms. The zero-order valence-electron chi connectivity index (χ0n) is 11.3. The van der Waals surface area contributed by atoms with E-state index < -0.39 is 0 Å². The van der Waals surface area contributed by atoms with Crippen molar-refractivity contribution in [1.82, 2.24) is 5.32 Å². The largest absolute Gasteiger partial charge is 0.313 e. The number of hydrogen-bond donors (Lipinski definition) is 1. The van der Waals surface area contributed by atoms with Gasteiger partial charge in [0.25, 0.3) is 0 Å². The van der Waals surface area contributed by atoms with Gasteiger partial charge < -0.3 is 5.32 Å². The molecule has 0 aliphatic heterocycles. The van der Waals surface area contributed by atoms with E-state index in [0.29, 0.717) is 0 Å². The number of nitrogens with one attached hydrogen (secondary N) is 1. The molecule has 1 saturated carbocycles. The first-order valence-corrected chi connectivity index (χ1v) is 7.23. The van der Waals surface area contributed by atoms with E-state index in [1.807, 2.05) is 19.2 Å². The van der Waals surface area contributed by atoms with Crippen LogP contribution in [0.5, 0.6) is 0 Å². The van der Waals surface area contributed by atoms with Crippen LogP contribution in [-0.4, -0.2) is 7.05 Å². The SMILES string of the molecule is CNC(CCC1CCCCC1)c1ccccc1F. The molecular formula is C16H24FN. The van der Waals surface area contributed by atoms with Crippen molar-refractivity contribution < 1.29 is 4.39 Å². The Bertz CT molecular complexity index is 358. The molecule has 1 fully saturated rings. The van der Waals surface area contributed by atoms with E-state index in [1.54, 1.807) is 12.1 Å². The van der Waals surface area contributed by atoms with Crippen molar-refractivity contribution in [3.05, 3.63) is 35.6 Å². The van der Waals surface area contributed by atoms with Crippen LogP contribution in [0.15, 0.2) is 24.3 Å². The van der Waals surface area contributed by atoms with Gasteiger partial charge in [0.2, 0.25) is 0 Å². The molecule has 0 bridgehead atoms. The second-order valence-corrected chi connectivity index (χ2v) is 5.44. The highest BCUT2D eigenvalue weighted by Gasteiger charge is 2.18. The van der Waals surface area contributed by atoms with Crippen LogP contribution in [0.2, 0.25) is 0 Å². The Hall–Kier alpha value is -0.890. The van der Waals surface area contributed by atoms with Gasteiger partial charge in [-0.3, -0.25) is 0 Å². The summed E-state index contributed by atoms with van der Waals surface area (Å²) in [6, 6.07) is 7.29. The highest BCUT2D eigenvalue weighted by atomic mass is 19.1. The van der Waals surface area contributed by atoms with Crippen LogP contribution in [0.1, 0.15) is 56.6 Å². The van der Waals surface area contributed by atoms with Crippen molar-refractivity contribution in [2.75, 3.05) is 7.05 Å². The first-order valence-electron chi connectivity index (χ1n) is 7.23. The Labute approximate surface area is 110 Å². The topological polar surface area (TPSA) is 12.0 Å². The standard InChI is InChI=1S/C16H24FN/c1-18-16(14-9-5-6-10-15(14)17)12-11-13-7-3-2-4-8-13/h5-6,9-10,13,16,18H,2-4,7-8,11-12H2,1H3. The van der Waals surface area contributed by atoms with Gasteiger partial charge in [0.05, 0.1) is 0 Å². The Morgan fingerprint density at radius 2 is 1.94 bits per heavy atom. The summed E-state index contributed by atoms with van der Waals surface area (Å²) in [6.45, 7) is 0. The third-order valence-corrected chi connectivity index (χ3v) is 4.22. The van der Waals surface area contributed by atoms with Crippen LogP contribution in [0.25, 0.3) is 0 Å². The highest BCUT2D eigenvalue weighted by Crippen LogP contribution is 2.30. The molecule has 1 unspecified atom stereocenters. The van der Waals surface area contributed by atoms with Gasteiger partial charge in [-0.25, -0.2) is 4.39 Å². The monoisotopic (exact) mass is 249 g/mol. The van der Waals surface area contributed by atoms with Crippen molar-refractivity contribution in [3.8, 4) is 0 Å². The molecule has 0 radical (unpaired) electrons. The lowest BCUT2D eigenvalue weighted by atomic mass is 9.84. The first kappa shape index (κ1) is 13.5. The zero-order chi connectivity index (χ0) is 12.8. The second-order valence-electron chi connectivity index (χ2n) is 5.44. The molecule has 1 aromatic rings. The van der Waals surface area contributed by atoms with Gasteiger partial charge in [0.1, 0.15) is 5.82 Å². The molecule has 18 heavy (non-hydrogen) atoms. The van der Waals surface area contributed by atoms with E-state index in [2.05, 4.69) is 5.32 Å². The number of halogens is 1. The van der Waals surface area contributed by atoms with E-state index in [9.17, 15) is 4.39 Å². The first-order chi connectivity index (χ1) is 8.81. The average molecular weight is 249 g/mol. The van der Waals surface area contributed by atoms with E-state index in [-0.39, 0.29) is 11.9 Å². The third-order valence-electron chi connectivity index (χ3n) is 4.22. The lowest BCUT2D eigenvalue weighted by Crippen LogP contribution is -2.19. The molecule has 1 nitrogen and oxygen atoms in total.